The van der Waals surface area contributed by atoms with E-state index in [0.29, 0.717) is 24.8 Å². The number of amides is 1. The Balaban J connectivity index is 1.34. The van der Waals surface area contributed by atoms with Gasteiger partial charge in [-0.1, -0.05) is 29.8 Å². The largest absolute Gasteiger partial charge is 0.508 e. The first-order chi connectivity index (χ1) is 13.5. The number of aromatic hydroxyl groups is 1. The van der Waals surface area contributed by atoms with Crippen molar-refractivity contribution in [2.75, 3.05) is 19.6 Å². The Kier molecular flexibility index (Phi) is 5.56. The lowest BCUT2D eigenvalue weighted by atomic mass is 9.89. The van der Waals surface area contributed by atoms with Crippen LogP contribution in [0.3, 0.4) is 0 Å². The molecule has 4 nitrogen and oxygen atoms in total. The minimum atomic E-state index is -0.446. The fourth-order valence-electron chi connectivity index (χ4n) is 4.37. The van der Waals surface area contributed by atoms with Crippen molar-refractivity contribution in [1.82, 2.24) is 9.80 Å². The van der Waals surface area contributed by atoms with Crippen LogP contribution in [0, 0.1) is 5.82 Å². The zero-order chi connectivity index (χ0) is 19.7. The molecule has 0 spiro atoms. The standard InChI is InChI=1S/C22H24ClFN2O2/c23-19-6-1-15(13-20(19)24)14-26-12-9-21(22(26)28)25-10-7-17(8-11-25)16-2-4-18(27)5-3-16/h1-6,13,17,21,27H,7-12,14H2/t21-/m1/s1. The van der Waals surface area contributed by atoms with Gasteiger partial charge in [0.05, 0.1) is 11.1 Å². The van der Waals surface area contributed by atoms with Crippen LogP contribution in [-0.2, 0) is 11.3 Å². The number of rotatable bonds is 4. The first-order valence-electron chi connectivity index (χ1n) is 9.77. The van der Waals surface area contributed by atoms with Gasteiger partial charge in [-0.15, -0.1) is 0 Å². The molecule has 1 atom stereocenters. The minimum absolute atomic E-state index is 0.0714. The van der Waals surface area contributed by atoms with Crippen molar-refractivity contribution in [3.63, 3.8) is 0 Å². The summed E-state index contributed by atoms with van der Waals surface area (Å²) < 4.78 is 13.7. The van der Waals surface area contributed by atoms with E-state index in [1.165, 1.54) is 11.6 Å². The monoisotopic (exact) mass is 402 g/mol. The summed E-state index contributed by atoms with van der Waals surface area (Å²) in [6.45, 7) is 2.91. The van der Waals surface area contributed by atoms with Gasteiger partial charge in [-0.3, -0.25) is 9.69 Å². The molecule has 0 bridgehead atoms. The predicted molar refractivity (Wildman–Crippen MR) is 107 cm³/mol. The lowest BCUT2D eigenvalue weighted by molar-refractivity contribution is -0.133. The van der Waals surface area contributed by atoms with Gasteiger partial charge in [0.2, 0.25) is 5.91 Å². The maximum absolute atomic E-state index is 13.7. The molecule has 0 unspecified atom stereocenters. The van der Waals surface area contributed by atoms with E-state index in [9.17, 15) is 14.3 Å². The second kappa shape index (κ2) is 8.10. The van der Waals surface area contributed by atoms with Crippen molar-refractivity contribution in [3.8, 4) is 5.75 Å². The van der Waals surface area contributed by atoms with Crippen molar-refractivity contribution in [1.29, 1.82) is 0 Å². The third kappa shape index (κ3) is 4.01. The third-order valence-electron chi connectivity index (χ3n) is 5.96. The second-order valence-corrected chi connectivity index (χ2v) is 8.12. The average Bonchev–Trinajstić information content (AvgIpc) is 3.06. The van der Waals surface area contributed by atoms with Crippen molar-refractivity contribution in [2.45, 2.75) is 37.8 Å². The average molecular weight is 403 g/mol. The SMILES string of the molecule is O=C1[C@H](N2CCC(c3ccc(O)cc3)CC2)CCN1Cc1ccc(Cl)c(F)c1. The van der Waals surface area contributed by atoms with E-state index in [0.717, 1.165) is 37.9 Å². The molecule has 1 amide bonds. The molecule has 28 heavy (non-hydrogen) atoms. The van der Waals surface area contributed by atoms with Gasteiger partial charge >= 0.3 is 0 Å². The Bertz CT molecular complexity index is 850. The summed E-state index contributed by atoms with van der Waals surface area (Å²) in [5.74, 6) is 0.456. The third-order valence-corrected chi connectivity index (χ3v) is 6.27. The number of carbonyl (C=O) groups excluding carboxylic acids is 1. The van der Waals surface area contributed by atoms with Crippen LogP contribution in [0.15, 0.2) is 42.5 Å². The summed E-state index contributed by atoms with van der Waals surface area (Å²) in [6.07, 6.45) is 2.84. The molecule has 2 aromatic carbocycles. The van der Waals surface area contributed by atoms with Gasteiger partial charge < -0.3 is 10.0 Å². The number of nitrogens with zero attached hydrogens (tertiary/aromatic N) is 2. The highest BCUT2D eigenvalue weighted by Gasteiger charge is 2.37. The second-order valence-electron chi connectivity index (χ2n) is 7.71. The van der Waals surface area contributed by atoms with Crippen LogP contribution in [0.1, 0.15) is 36.3 Å². The number of hydrogen-bond donors (Lipinski definition) is 1. The molecule has 148 valence electrons. The summed E-state index contributed by atoms with van der Waals surface area (Å²) in [5, 5.41) is 9.55. The Morgan fingerprint density at radius 2 is 1.75 bits per heavy atom. The number of halogens is 2. The van der Waals surface area contributed by atoms with Crippen LogP contribution >= 0.6 is 11.6 Å². The van der Waals surface area contributed by atoms with Gasteiger partial charge in [0.1, 0.15) is 11.6 Å². The highest BCUT2D eigenvalue weighted by molar-refractivity contribution is 6.30. The Morgan fingerprint density at radius 1 is 1.04 bits per heavy atom. The van der Waals surface area contributed by atoms with E-state index in [2.05, 4.69) is 4.90 Å². The summed E-state index contributed by atoms with van der Waals surface area (Å²) in [5.41, 5.74) is 2.02. The molecule has 0 aromatic heterocycles. The van der Waals surface area contributed by atoms with Gasteiger partial charge in [0.15, 0.2) is 0 Å². The van der Waals surface area contributed by atoms with Crippen molar-refractivity contribution in [3.05, 3.63) is 64.4 Å². The maximum atomic E-state index is 13.7. The van der Waals surface area contributed by atoms with Crippen LogP contribution in [-0.4, -0.2) is 46.5 Å². The molecule has 2 aliphatic rings. The van der Waals surface area contributed by atoms with Crippen LogP contribution in [0.5, 0.6) is 5.75 Å². The summed E-state index contributed by atoms with van der Waals surface area (Å²) in [7, 11) is 0. The molecular weight excluding hydrogens is 379 g/mol. The van der Waals surface area contributed by atoms with Crippen LogP contribution in [0.2, 0.25) is 5.02 Å². The number of hydrogen-bond acceptors (Lipinski definition) is 3. The van der Waals surface area contributed by atoms with Gasteiger partial charge in [-0.2, -0.15) is 0 Å². The van der Waals surface area contributed by atoms with E-state index in [1.54, 1.807) is 24.3 Å². The molecule has 2 aliphatic heterocycles. The fourth-order valence-corrected chi connectivity index (χ4v) is 4.49. The molecule has 0 saturated carbocycles. The van der Waals surface area contributed by atoms with Crippen molar-refractivity contribution in [2.24, 2.45) is 0 Å². The van der Waals surface area contributed by atoms with Crippen LogP contribution in [0.4, 0.5) is 4.39 Å². The van der Waals surface area contributed by atoms with E-state index in [-0.39, 0.29) is 17.0 Å². The van der Waals surface area contributed by atoms with E-state index in [1.807, 2.05) is 17.0 Å². The zero-order valence-electron chi connectivity index (χ0n) is 15.7. The molecule has 6 heteroatoms. The minimum Gasteiger partial charge on any atom is -0.508 e. The quantitative estimate of drug-likeness (QED) is 0.834. The first kappa shape index (κ1) is 19.2. The zero-order valence-corrected chi connectivity index (χ0v) is 16.4. The van der Waals surface area contributed by atoms with Gasteiger partial charge in [0, 0.05) is 13.1 Å². The van der Waals surface area contributed by atoms with E-state index in [4.69, 9.17) is 11.6 Å². The molecule has 4 rings (SSSR count). The molecule has 0 radical (unpaired) electrons. The molecule has 2 saturated heterocycles. The first-order valence-corrected chi connectivity index (χ1v) is 10.1. The summed E-state index contributed by atoms with van der Waals surface area (Å²) in [4.78, 5) is 17.0. The molecule has 0 aliphatic carbocycles. The topological polar surface area (TPSA) is 43.8 Å². The van der Waals surface area contributed by atoms with Crippen molar-refractivity contribution >= 4 is 17.5 Å². The Morgan fingerprint density at radius 3 is 2.43 bits per heavy atom. The highest BCUT2D eigenvalue weighted by atomic mass is 35.5. The number of piperidine rings is 1. The maximum Gasteiger partial charge on any atom is 0.240 e. The predicted octanol–water partition coefficient (Wildman–Crippen LogP) is 4.17. The summed E-state index contributed by atoms with van der Waals surface area (Å²) >= 11 is 5.74. The van der Waals surface area contributed by atoms with E-state index >= 15 is 0 Å². The normalized spacial score (nSPS) is 21.4. The number of carbonyl (C=O) groups is 1. The summed E-state index contributed by atoms with van der Waals surface area (Å²) in [6, 6.07) is 12.1. The number of phenols is 1. The van der Waals surface area contributed by atoms with E-state index < -0.39 is 5.82 Å². The lowest BCUT2D eigenvalue weighted by Crippen LogP contribution is -2.45. The Hall–Kier alpha value is -2.11. The molecule has 2 fully saturated rings. The van der Waals surface area contributed by atoms with Crippen molar-refractivity contribution < 1.29 is 14.3 Å². The van der Waals surface area contributed by atoms with Crippen LogP contribution in [0.25, 0.3) is 0 Å². The fraction of sp³-hybridized carbons (Fsp3) is 0.409. The molecule has 1 N–H and O–H groups in total. The molecular formula is C22H24ClFN2O2. The van der Waals surface area contributed by atoms with Gasteiger partial charge in [0.25, 0.3) is 0 Å². The number of phenolic OH excluding ortho intramolecular Hbond substituents is 1. The smallest absolute Gasteiger partial charge is 0.240 e. The van der Waals surface area contributed by atoms with Gasteiger partial charge in [-0.05, 0) is 73.7 Å². The van der Waals surface area contributed by atoms with Gasteiger partial charge in [-0.25, -0.2) is 4.39 Å². The number of likely N-dealkylation sites (tertiary alicyclic amines) is 2. The number of benzene rings is 2. The van der Waals surface area contributed by atoms with Crippen LogP contribution < -0.4 is 0 Å². The Labute approximate surface area is 169 Å². The lowest BCUT2D eigenvalue weighted by Gasteiger charge is -2.35. The molecule has 2 aromatic rings. The highest BCUT2D eigenvalue weighted by Crippen LogP contribution is 2.32. The molecule has 2 heterocycles.